The van der Waals surface area contributed by atoms with Crippen molar-refractivity contribution in [2.75, 3.05) is 13.6 Å². The first-order chi connectivity index (χ1) is 7.52. The Bertz CT molecular complexity index is 195. The van der Waals surface area contributed by atoms with Gasteiger partial charge in [-0.15, -0.1) is 0 Å². The molecule has 16 heavy (non-hydrogen) atoms. The van der Waals surface area contributed by atoms with E-state index < -0.39 is 0 Å². The molecule has 2 heteroatoms. The molecule has 96 valence electrons. The molecule has 1 unspecified atom stereocenters. The predicted molar refractivity (Wildman–Crippen MR) is 71.6 cm³/mol. The molecule has 2 nitrogen and oxygen atoms in total. The van der Waals surface area contributed by atoms with E-state index in [0.29, 0.717) is 5.92 Å². The Morgan fingerprint density at radius 2 is 1.69 bits per heavy atom. The van der Waals surface area contributed by atoms with Gasteiger partial charge in [0, 0.05) is 18.1 Å². The highest BCUT2D eigenvalue weighted by atomic mass is 15.2. The van der Waals surface area contributed by atoms with Gasteiger partial charge in [0.1, 0.15) is 0 Å². The second-order valence-corrected chi connectivity index (χ2v) is 5.97. The van der Waals surface area contributed by atoms with Gasteiger partial charge in [-0.1, -0.05) is 39.5 Å². The van der Waals surface area contributed by atoms with E-state index in [2.05, 4.69) is 32.7 Å². The van der Waals surface area contributed by atoms with Crippen LogP contribution in [0.15, 0.2) is 0 Å². The van der Waals surface area contributed by atoms with Gasteiger partial charge >= 0.3 is 0 Å². The molecule has 1 saturated carbocycles. The van der Waals surface area contributed by atoms with Crippen molar-refractivity contribution >= 4 is 0 Å². The van der Waals surface area contributed by atoms with Gasteiger partial charge in [-0.3, -0.25) is 4.90 Å². The summed E-state index contributed by atoms with van der Waals surface area (Å²) >= 11 is 0. The highest BCUT2D eigenvalue weighted by molar-refractivity contribution is 4.92. The molecule has 0 aromatic carbocycles. The molecule has 0 bridgehead atoms. The second kappa shape index (κ2) is 6.02. The normalized spacial score (nSPS) is 23.4. The number of hydrogen-bond acceptors (Lipinski definition) is 2. The van der Waals surface area contributed by atoms with Crippen molar-refractivity contribution in [1.29, 1.82) is 0 Å². The van der Waals surface area contributed by atoms with Crippen LogP contribution in [-0.4, -0.2) is 30.1 Å². The van der Waals surface area contributed by atoms with Gasteiger partial charge in [-0.05, 0) is 32.7 Å². The zero-order valence-corrected chi connectivity index (χ0v) is 11.6. The average molecular weight is 226 g/mol. The molecule has 0 aromatic heterocycles. The number of hydrogen-bond donors (Lipinski definition) is 1. The van der Waals surface area contributed by atoms with Crippen LogP contribution < -0.4 is 5.73 Å². The SMILES string of the molecule is CC(C)C(C)(CN)N(C)C1CCCCCC1. The second-order valence-electron chi connectivity index (χ2n) is 5.97. The van der Waals surface area contributed by atoms with Crippen LogP contribution in [0.2, 0.25) is 0 Å². The van der Waals surface area contributed by atoms with Crippen molar-refractivity contribution in [2.24, 2.45) is 11.7 Å². The molecule has 0 amide bonds. The van der Waals surface area contributed by atoms with E-state index in [9.17, 15) is 0 Å². The Labute approximate surface area is 102 Å². The van der Waals surface area contributed by atoms with Gasteiger partial charge in [-0.2, -0.15) is 0 Å². The molecule has 0 radical (unpaired) electrons. The van der Waals surface area contributed by atoms with Crippen molar-refractivity contribution < 1.29 is 0 Å². The predicted octanol–water partition coefficient (Wildman–Crippen LogP) is 3.01. The molecule has 0 aromatic rings. The Morgan fingerprint density at radius 1 is 1.19 bits per heavy atom. The minimum Gasteiger partial charge on any atom is -0.329 e. The summed E-state index contributed by atoms with van der Waals surface area (Å²) in [7, 11) is 2.28. The highest BCUT2D eigenvalue weighted by Crippen LogP contribution is 2.30. The Hall–Kier alpha value is -0.0800. The van der Waals surface area contributed by atoms with Crippen LogP contribution >= 0.6 is 0 Å². The van der Waals surface area contributed by atoms with Gasteiger partial charge in [0.2, 0.25) is 0 Å². The largest absolute Gasteiger partial charge is 0.329 e. The highest BCUT2D eigenvalue weighted by Gasteiger charge is 2.35. The molecule has 0 heterocycles. The van der Waals surface area contributed by atoms with Crippen LogP contribution in [0.25, 0.3) is 0 Å². The molecule has 1 aliphatic carbocycles. The zero-order valence-electron chi connectivity index (χ0n) is 11.6. The summed E-state index contributed by atoms with van der Waals surface area (Å²) in [6.07, 6.45) is 8.36. The fourth-order valence-corrected chi connectivity index (χ4v) is 2.85. The van der Waals surface area contributed by atoms with Gasteiger partial charge in [0.05, 0.1) is 0 Å². The molecule has 1 atom stereocenters. The summed E-state index contributed by atoms with van der Waals surface area (Å²) in [5.41, 5.74) is 6.17. The van der Waals surface area contributed by atoms with Crippen LogP contribution in [0.5, 0.6) is 0 Å². The summed E-state index contributed by atoms with van der Waals surface area (Å²) in [4.78, 5) is 2.57. The smallest absolute Gasteiger partial charge is 0.0326 e. The summed E-state index contributed by atoms with van der Waals surface area (Å²) in [6.45, 7) is 7.67. The minimum atomic E-state index is 0.162. The van der Waals surface area contributed by atoms with E-state index in [-0.39, 0.29) is 5.54 Å². The molecule has 0 aliphatic heterocycles. The van der Waals surface area contributed by atoms with Crippen LogP contribution in [0.1, 0.15) is 59.3 Å². The van der Waals surface area contributed by atoms with Gasteiger partial charge in [0.15, 0.2) is 0 Å². The topological polar surface area (TPSA) is 29.3 Å². The van der Waals surface area contributed by atoms with Crippen molar-refractivity contribution in [3.8, 4) is 0 Å². The Balaban J connectivity index is 2.69. The molecular weight excluding hydrogens is 196 g/mol. The quantitative estimate of drug-likeness (QED) is 0.747. The van der Waals surface area contributed by atoms with Crippen molar-refractivity contribution in [2.45, 2.75) is 70.9 Å². The summed E-state index contributed by atoms with van der Waals surface area (Å²) < 4.78 is 0. The number of rotatable bonds is 4. The molecule has 1 rings (SSSR count). The Morgan fingerprint density at radius 3 is 2.06 bits per heavy atom. The standard InChI is InChI=1S/C14H30N2/c1-12(2)14(3,11-15)16(4)13-9-7-5-6-8-10-13/h12-13H,5-11,15H2,1-4H3. The number of nitrogens with zero attached hydrogens (tertiary/aromatic N) is 1. The van der Waals surface area contributed by atoms with E-state index in [1.54, 1.807) is 0 Å². The van der Waals surface area contributed by atoms with Gasteiger partial charge in [-0.25, -0.2) is 0 Å². The maximum atomic E-state index is 6.01. The first-order valence-electron chi connectivity index (χ1n) is 6.95. The van der Waals surface area contributed by atoms with Crippen LogP contribution in [0, 0.1) is 5.92 Å². The minimum absolute atomic E-state index is 0.162. The van der Waals surface area contributed by atoms with E-state index in [1.165, 1.54) is 38.5 Å². The van der Waals surface area contributed by atoms with Crippen LogP contribution in [0.4, 0.5) is 0 Å². The molecule has 0 spiro atoms. The Kier molecular flexibility index (Phi) is 5.26. The molecule has 0 saturated heterocycles. The van der Waals surface area contributed by atoms with Gasteiger partial charge < -0.3 is 5.73 Å². The lowest BCUT2D eigenvalue weighted by molar-refractivity contribution is 0.0458. The van der Waals surface area contributed by atoms with E-state index in [4.69, 9.17) is 5.73 Å². The summed E-state index contributed by atoms with van der Waals surface area (Å²) in [6, 6.07) is 0.749. The van der Waals surface area contributed by atoms with E-state index >= 15 is 0 Å². The third-order valence-corrected chi connectivity index (χ3v) is 4.84. The monoisotopic (exact) mass is 226 g/mol. The van der Waals surface area contributed by atoms with Crippen molar-refractivity contribution in [3.63, 3.8) is 0 Å². The van der Waals surface area contributed by atoms with Crippen LogP contribution in [0.3, 0.4) is 0 Å². The lowest BCUT2D eigenvalue weighted by Gasteiger charge is -2.46. The summed E-state index contributed by atoms with van der Waals surface area (Å²) in [5, 5.41) is 0. The van der Waals surface area contributed by atoms with Crippen molar-refractivity contribution in [3.05, 3.63) is 0 Å². The lowest BCUT2D eigenvalue weighted by atomic mass is 9.85. The fourth-order valence-electron chi connectivity index (χ4n) is 2.85. The lowest BCUT2D eigenvalue weighted by Crippen LogP contribution is -2.57. The first kappa shape index (κ1) is 14.0. The maximum Gasteiger partial charge on any atom is 0.0326 e. The van der Waals surface area contributed by atoms with E-state index in [0.717, 1.165) is 12.6 Å². The van der Waals surface area contributed by atoms with Crippen molar-refractivity contribution in [1.82, 2.24) is 4.90 Å². The zero-order chi connectivity index (χ0) is 12.2. The molecule has 1 fully saturated rings. The average Bonchev–Trinajstić information content (AvgIpc) is 2.55. The third-order valence-electron chi connectivity index (χ3n) is 4.84. The van der Waals surface area contributed by atoms with Gasteiger partial charge in [0.25, 0.3) is 0 Å². The maximum absolute atomic E-state index is 6.01. The van der Waals surface area contributed by atoms with E-state index in [1.807, 2.05) is 0 Å². The number of likely N-dealkylation sites (N-methyl/N-ethyl adjacent to an activating group) is 1. The molecule has 2 N–H and O–H groups in total. The fraction of sp³-hybridized carbons (Fsp3) is 1.00. The number of nitrogens with two attached hydrogens (primary N) is 1. The first-order valence-corrected chi connectivity index (χ1v) is 6.95. The molecular formula is C14H30N2. The summed E-state index contributed by atoms with van der Waals surface area (Å²) in [5.74, 6) is 0.616. The van der Waals surface area contributed by atoms with Crippen LogP contribution in [-0.2, 0) is 0 Å². The third kappa shape index (κ3) is 2.98. The molecule has 1 aliphatic rings.